The number of hydrogen-bond acceptors (Lipinski definition) is 3. The van der Waals surface area contributed by atoms with Crippen LogP contribution in [0.2, 0.25) is 0 Å². The summed E-state index contributed by atoms with van der Waals surface area (Å²) in [5.41, 5.74) is 0. The molecule has 0 rings (SSSR count). The van der Waals surface area contributed by atoms with Crippen molar-refractivity contribution in [1.29, 1.82) is 0 Å². The van der Waals surface area contributed by atoms with E-state index in [0.29, 0.717) is 0 Å². The molecule has 0 saturated carbocycles. The standard InChI is InChI=1S/C3H6O3.Cs/c1-2(4)3(5)6;/h2,4H,1H3,(H,5,6);/q;+1/p-1. The number of hydrogen-bond donors (Lipinski definition) is 1. The normalized spacial score (nSPS) is 11.7. The molecule has 7 heavy (non-hydrogen) atoms. The summed E-state index contributed by atoms with van der Waals surface area (Å²) >= 11 is 0. The maximum absolute atomic E-state index is 9.34. The second kappa shape index (κ2) is 5.62. The van der Waals surface area contributed by atoms with Gasteiger partial charge in [-0.3, -0.25) is 0 Å². The Hall–Kier alpha value is 1.48. The molecule has 0 aliphatic heterocycles. The summed E-state index contributed by atoms with van der Waals surface area (Å²) in [7, 11) is 0. The summed E-state index contributed by atoms with van der Waals surface area (Å²) in [6, 6.07) is 0. The molecule has 0 aromatic heterocycles. The number of aliphatic carboxylic acids is 1. The third kappa shape index (κ3) is 7.48. The van der Waals surface area contributed by atoms with Gasteiger partial charge in [-0.2, -0.15) is 0 Å². The first kappa shape index (κ1) is 11.3. The Morgan fingerprint density at radius 1 is 1.86 bits per heavy atom. The maximum Gasteiger partial charge on any atom is 1.00 e. The van der Waals surface area contributed by atoms with Gasteiger partial charge in [0.2, 0.25) is 0 Å². The van der Waals surface area contributed by atoms with Crippen molar-refractivity contribution in [1.82, 2.24) is 0 Å². The molecule has 0 fully saturated rings. The fourth-order valence-electron chi connectivity index (χ4n) is 0. The summed E-state index contributed by atoms with van der Waals surface area (Å²) in [6.45, 7) is 1.13. The molecule has 4 heteroatoms. The van der Waals surface area contributed by atoms with Crippen LogP contribution in [0.5, 0.6) is 0 Å². The van der Waals surface area contributed by atoms with Gasteiger partial charge in [0.25, 0.3) is 0 Å². The quantitative estimate of drug-likeness (QED) is 0.484. The number of carboxylic acid groups (broad SMARTS) is 1. The van der Waals surface area contributed by atoms with Gasteiger partial charge in [0.05, 0.1) is 12.1 Å². The van der Waals surface area contributed by atoms with Gasteiger partial charge in [0.15, 0.2) is 0 Å². The summed E-state index contributed by atoms with van der Waals surface area (Å²) in [6.07, 6.45) is -1.34. The van der Waals surface area contributed by atoms with Gasteiger partial charge < -0.3 is 15.0 Å². The second-order valence-electron chi connectivity index (χ2n) is 0.995. The molecule has 0 aliphatic rings. The molecule has 0 heterocycles. The first-order chi connectivity index (χ1) is 2.64. The minimum atomic E-state index is -1.44. The number of rotatable bonds is 1. The molecule has 0 aromatic rings. The molecule has 0 spiro atoms. The molecule has 3 nitrogen and oxygen atoms in total. The molecule has 0 bridgehead atoms. The second-order valence-corrected chi connectivity index (χ2v) is 0.995. The molecule has 0 aliphatic carbocycles. The van der Waals surface area contributed by atoms with E-state index in [1.165, 1.54) is 0 Å². The van der Waals surface area contributed by atoms with E-state index in [1.54, 1.807) is 0 Å². The van der Waals surface area contributed by atoms with E-state index < -0.39 is 12.1 Å². The SMILES string of the molecule is CC(O)C(=O)[O-].[Cs+]. The van der Waals surface area contributed by atoms with Crippen LogP contribution in [-0.4, -0.2) is 17.2 Å². The predicted molar refractivity (Wildman–Crippen MR) is 16.7 cm³/mol. The number of carbonyl (C=O) groups is 1. The largest absolute Gasteiger partial charge is 1.00 e. The topological polar surface area (TPSA) is 60.4 Å². The van der Waals surface area contributed by atoms with Crippen LogP contribution in [0.1, 0.15) is 6.92 Å². The van der Waals surface area contributed by atoms with Crippen molar-refractivity contribution in [3.8, 4) is 0 Å². The summed E-state index contributed by atoms with van der Waals surface area (Å²) in [4.78, 5) is 9.34. The van der Waals surface area contributed by atoms with Crippen molar-refractivity contribution in [2.24, 2.45) is 0 Å². The van der Waals surface area contributed by atoms with Crippen LogP contribution in [0.3, 0.4) is 0 Å². The van der Waals surface area contributed by atoms with Crippen molar-refractivity contribution in [3.05, 3.63) is 0 Å². The average Bonchev–Trinajstić information content (AvgIpc) is 1.36. The molecule has 36 valence electrons. The Labute approximate surface area is 101 Å². The van der Waals surface area contributed by atoms with E-state index in [1.807, 2.05) is 0 Å². The Morgan fingerprint density at radius 2 is 2.00 bits per heavy atom. The number of aliphatic hydroxyl groups excluding tert-OH is 1. The van der Waals surface area contributed by atoms with Gasteiger partial charge in [0.1, 0.15) is 0 Å². The van der Waals surface area contributed by atoms with E-state index in [-0.39, 0.29) is 68.9 Å². The van der Waals surface area contributed by atoms with Gasteiger partial charge >= 0.3 is 68.9 Å². The molecule has 1 unspecified atom stereocenters. The molecule has 0 radical (unpaired) electrons. The smallest absolute Gasteiger partial charge is 0.547 e. The van der Waals surface area contributed by atoms with Crippen LogP contribution < -0.4 is 74.0 Å². The van der Waals surface area contributed by atoms with E-state index >= 15 is 0 Å². The van der Waals surface area contributed by atoms with E-state index in [9.17, 15) is 9.90 Å². The molecule has 1 N–H and O–H groups in total. The van der Waals surface area contributed by atoms with Crippen LogP contribution in [-0.2, 0) is 4.79 Å². The zero-order chi connectivity index (χ0) is 5.15. The zero-order valence-electron chi connectivity index (χ0n) is 4.34. The molecular formula is C3H5CsO3. The fourth-order valence-corrected chi connectivity index (χ4v) is 0. The molecule has 0 amide bonds. The number of carboxylic acids is 1. The average molecular weight is 222 g/mol. The van der Waals surface area contributed by atoms with Gasteiger partial charge in [0, 0.05) is 0 Å². The van der Waals surface area contributed by atoms with E-state index in [0.717, 1.165) is 6.92 Å². The Kier molecular flexibility index (Phi) is 9.07. The van der Waals surface area contributed by atoms with Gasteiger partial charge in [-0.15, -0.1) is 0 Å². The minimum Gasteiger partial charge on any atom is -0.547 e. The van der Waals surface area contributed by atoms with Gasteiger partial charge in [-0.05, 0) is 6.92 Å². The van der Waals surface area contributed by atoms with Gasteiger partial charge in [-0.1, -0.05) is 0 Å². The van der Waals surface area contributed by atoms with Crippen LogP contribution in [0.25, 0.3) is 0 Å². The van der Waals surface area contributed by atoms with Crippen LogP contribution in [0.4, 0.5) is 0 Å². The Bertz CT molecular complexity index is 61.2. The number of carbonyl (C=O) groups excluding carboxylic acids is 1. The first-order valence-corrected chi connectivity index (χ1v) is 1.53. The van der Waals surface area contributed by atoms with Crippen molar-refractivity contribution >= 4 is 5.97 Å². The third-order valence-corrected chi connectivity index (χ3v) is 0.341. The maximum atomic E-state index is 9.34. The minimum absolute atomic E-state index is 0. The fraction of sp³-hybridized carbons (Fsp3) is 0.667. The van der Waals surface area contributed by atoms with Crippen LogP contribution in [0.15, 0.2) is 0 Å². The zero-order valence-corrected chi connectivity index (χ0v) is 10.6. The van der Waals surface area contributed by atoms with E-state index in [2.05, 4.69) is 0 Å². The Morgan fingerprint density at radius 3 is 2.00 bits per heavy atom. The Balaban J connectivity index is 0. The summed E-state index contributed by atoms with van der Waals surface area (Å²) in [5, 5.41) is 17.3. The van der Waals surface area contributed by atoms with Crippen molar-refractivity contribution in [3.63, 3.8) is 0 Å². The molecular weight excluding hydrogens is 217 g/mol. The number of aliphatic hydroxyl groups is 1. The van der Waals surface area contributed by atoms with Crippen molar-refractivity contribution < 1.29 is 83.9 Å². The predicted octanol–water partition coefficient (Wildman–Crippen LogP) is -4.88. The molecule has 0 saturated heterocycles. The van der Waals surface area contributed by atoms with Crippen molar-refractivity contribution in [2.75, 3.05) is 0 Å². The van der Waals surface area contributed by atoms with Crippen molar-refractivity contribution in [2.45, 2.75) is 13.0 Å². The third-order valence-electron chi connectivity index (χ3n) is 0.341. The van der Waals surface area contributed by atoms with Gasteiger partial charge in [-0.25, -0.2) is 0 Å². The van der Waals surface area contributed by atoms with E-state index in [4.69, 9.17) is 5.11 Å². The van der Waals surface area contributed by atoms with Crippen LogP contribution >= 0.6 is 0 Å². The van der Waals surface area contributed by atoms with Crippen LogP contribution in [0, 0.1) is 0 Å². The monoisotopic (exact) mass is 222 g/mol. The summed E-state index contributed by atoms with van der Waals surface area (Å²) in [5.74, 6) is -1.44. The molecule has 1 atom stereocenters. The molecule has 0 aromatic carbocycles. The summed E-state index contributed by atoms with van der Waals surface area (Å²) < 4.78 is 0. The first-order valence-electron chi connectivity index (χ1n) is 1.53.